The standard InChI is InChI=1S/C14H16O2/c1-4-9-16-14-8-6-5-7-13(14)10-11(2)12(3)15/h4-8,10H,1,9H2,2-3H3/b11-10+. The van der Waals surface area contributed by atoms with Crippen LogP contribution in [-0.2, 0) is 4.79 Å². The van der Waals surface area contributed by atoms with Gasteiger partial charge in [0.1, 0.15) is 12.4 Å². The van der Waals surface area contributed by atoms with E-state index in [4.69, 9.17) is 4.74 Å². The SMILES string of the molecule is C=CCOc1ccccc1/C=C(\C)C(C)=O. The summed E-state index contributed by atoms with van der Waals surface area (Å²) in [4.78, 5) is 11.1. The summed E-state index contributed by atoms with van der Waals surface area (Å²) in [6.45, 7) is 7.42. The molecular weight excluding hydrogens is 200 g/mol. The fourth-order valence-electron chi connectivity index (χ4n) is 1.21. The Labute approximate surface area is 96.2 Å². The quantitative estimate of drug-likeness (QED) is 0.558. The van der Waals surface area contributed by atoms with Crippen LogP contribution in [0.2, 0.25) is 0 Å². The maximum Gasteiger partial charge on any atom is 0.155 e. The highest BCUT2D eigenvalue weighted by atomic mass is 16.5. The molecule has 16 heavy (non-hydrogen) atoms. The molecule has 0 saturated heterocycles. The number of Topliss-reactive ketones (excluding diaryl/α,β-unsaturated/α-hetero) is 1. The van der Waals surface area contributed by atoms with Crippen molar-refractivity contribution in [2.75, 3.05) is 6.61 Å². The summed E-state index contributed by atoms with van der Waals surface area (Å²) in [6, 6.07) is 7.62. The minimum absolute atomic E-state index is 0.0681. The zero-order valence-electron chi connectivity index (χ0n) is 9.69. The Bertz CT molecular complexity index is 416. The van der Waals surface area contributed by atoms with Crippen LogP contribution in [0.4, 0.5) is 0 Å². The zero-order chi connectivity index (χ0) is 12.0. The van der Waals surface area contributed by atoms with E-state index in [0.717, 1.165) is 16.9 Å². The lowest BCUT2D eigenvalue weighted by Crippen LogP contribution is -1.96. The minimum atomic E-state index is 0.0681. The van der Waals surface area contributed by atoms with Crippen molar-refractivity contribution in [2.45, 2.75) is 13.8 Å². The van der Waals surface area contributed by atoms with Crippen LogP contribution in [0.1, 0.15) is 19.4 Å². The highest BCUT2D eigenvalue weighted by Crippen LogP contribution is 2.21. The number of rotatable bonds is 5. The first-order valence-electron chi connectivity index (χ1n) is 5.17. The molecule has 0 fully saturated rings. The zero-order valence-corrected chi connectivity index (χ0v) is 9.69. The first kappa shape index (κ1) is 12.2. The van der Waals surface area contributed by atoms with Gasteiger partial charge in [0.25, 0.3) is 0 Å². The fourth-order valence-corrected chi connectivity index (χ4v) is 1.21. The molecule has 0 spiro atoms. The first-order valence-corrected chi connectivity index (χ1v) is 5.17. The van der Waals surface area contributed by atoms with E-state index in [9.17, 15) is 4.79 Å². The lowest BCUT2D eigenvalue weighted by Gasteiger charge is -2.07. The van der Waals surface area contributed by atoms with E-state index in [1.165, 1.54) is 0 Å². The molecule has 0 bridgehead atoms. The third kappa shape index (κ3) is 3.39. The summed E-state index contributed by atoms with van der Waals surface area (Å²) in [6.07, 6.45) is 3.53. The molecule has 0 aromatic heterocycles. The van der Waals surface area contributed by atoms with Gasteiger partial charge in [-0.3, -0.25) is 4.79 Å². The minimum Gasteiger partial charge on any atom is -0.489 e. The Morgan fingerprint density at radius 3 is 2.69 bits per heavy atom. The van der Waals surface area contributed by atoms with E-state index in [1.54, 1.807) is 19.9 Å². The average Bonchev–Trinajstić information content (AvgIpc) is 2.27. The second-order valence-electron chi connectivity index (χ2n) is 3.52. The molecule has 0 heterocycles. The van der Waals surface area contributed by atoms with Crippen molar-refractivity contribution in [3.05, 3.63) is 48.1 Å². The van der Waals surface area contributed by atoms with Gasteiger partial charge >= 0.3 is 0 Å². The maximum atomic E-state index is 11.1. The van der Waals surface area contributed by atoms with Gasteiger partial charge in [0, 0.05) is 5.56 Å². The number of carbonyl (C=O) groups excluding carboxylic acids is 1. The second kappa shape index (κ2) is 5.91. The van der Waals surface area contributed by atoms with E-state index >= 15 is 0 Å². The third-order valence-electron chi connectivity index (χ3n) is 2.20. The van der Waals surface area contributed by atoms with Crippen molar-refractivity contribution in [1.82, 2.24) is 0 Å². The number of benzene rings is 1. The third-order valence-corrected chi connectivity index (χ3v) is 2.20. The molecule has 1 aromatic carbocycles. The van der Waals surface area contributed by atoms with Gasteiger partial charge in [-0.15, -0.1) is 0 Å². The number of hydrogen-bond donors (Lipinski definition) is 0. The van der Waals surface area contributed by atoms with Crippen LogP contribution in [0.25, 0.3) is 6.08 Å². The van der Waals surface area contributed by atoms with E-state index < -0.39 is 0 Å². The van der Waals surface area contributed by atoms with Crippen LogP contribution in [0.3, 0.4) is 0 Å². The van der Waals surface area contributed by atoms with Gasteiger partial charge in [0.15, 0.2) is 5.78 Å². The number of para-hydroxylation sites is 1. The Morgan fingerprint density at radius 1 is 1.38 bits per heavy atom. The van der Waals surface area contributed by atoms with Crippen LogP contribution in [0.5, 0.6) is 5.75 Å². The molecule has 0 N–H and O–H groups in total. The second-order valence-corrected chi connectivity index (χ2v) is 3.52. The van der Waals surface area contributed by atoms with Crippen molar-refractivity contribution < 1.29 is 9.53 Å². The molecule has 84 valence electrons. The van der Waals surface area contributed by atoms with Gasteiger partial charge in [-0.05, 0) is 31.6 Å². The monoisotopic (exact) mass is 216 g/mol. The van der Waals surface area contributed by atoms with E-state index in [-0.39, 0.29) is 5.78 Å². The van der Waals surface area contributed by atoms with Crippen molar-refractivity contribution in [3.8, 4) is 5.75 Å². The lowest BCUT2D eigenvalue weighted by molar-refractivity contribution is -0.113. The van der Waals surface area contributed by atoms with E-state index in [1.807, 2.05) is 30.3 Å². The first-order chi connectivity index (χ1) is 7.65. The lowest BCUT2D eigenvalue weighted by atomic mass is 10.1. The highest BCUT2D eigenvalue weighted by Gasteiger charge is 2.02. The predicted molar refractivity (Wildman–Crippen MR) is 66.5 cm³/mol. The largest absolute Gasteiger partial charge is 0.489 e. The molecule has 0 aliphatic heterocycles. The van der Waals surface area contributed by atoms with Gasteiger partial charge in [-0.25, -0.2) is 0 Å². The van der Waals surface area contributed by atoms with E-state index in [2.05, 4.69) is 6.58 Å². The molecule has 0 atom stereocenters. The molecule has 0 aliphatic rings. The van der Waals surface area contributed by atoms with E-state index in [0.29, 0.717) is 6.61 Å². The Hall–Kier alpha value is -1.83. The number of hydrogen-bond acceptors (Lipinski definition) is 2. The molecule has 0 radical (unpaired) electrons. The normalized spacial score (nSPS) is 11.0. The van der Waals surface area contributed by atoms with Crippen molar-refractivity contribution in [1.29, 1.82) is 0 Å². The van der Waals surface area contributed by atoms with Crippen molar-refractivity contribution in [3.63, 3.8) is 0 Å². The van der Waals surface area contributed by atoms with Crippen LogP contribution in [0, 0.1) is 0 Å². The van der Waals surface area contributed by atoms with Crippen LogP contribution in [-0.4, -0.2) is 12.4 Å². The Balaban J connectivity index is 2.98. The summed E-state index contributed by atoms with van der Waals surface area (Å²) in [5.41, 5.74) is 1.63. The highest BCUT2D eigenvalue weighted by molar-refractivity contribution is 5.97. The smallest absolute Gasteiger partial charge is 0.155 e. The molecule has 1 rings (SSSR count). The van der Waals surface area contributed by atoms with Crippen molar-refractivity contribution in [2.24, 2.45) is 0 Å². The topological polar surface area (TPSA) is 26.3 Å². The molecule has 0 aliphatic carbocycles. The fraction of sp³-hybridized carbons (Fsp3) is 0.214. The summed E-state index contributed by atoms with van der Waals surface area (Å²) in [5, 5.41) is 0. The molecule has 0 saturated carbocycles. The average molecular weight is 216 g/mol. The van der Waals surface area contributed by atoms with Crippen LogP contribution >= 0.6 is 0 Å². The van der Waals surface area contributed by atoms with Gasteiger partial charge in [-0.2, -0.15) is 0 Å². The van der Waals surface area contributed by atoms with Crippen molar-refractivity contribution >= 4 is 11.9 Å². The number of ketones is 1. The maximum absolute atomic E-state index is 11.1. The molecule has 2 nitrogen and oxygen atoms in total. The van der Waals surface area contributed by atoms with Gasteiger partial charge in [0.2, 0.25) is 0 Å². The van der Waals surface area contributed by atoms with Gasteiger partial charge < -0.3 is 4.74 Å². The predicted octanol–water partition coefficient (Wildman–Crippen LogP) is 3.24. The molecule has 1 aromatic rings. The summed E-state index contributed by atoms with van der Waals surface area (Å²) >= 11 is 0. The summed E-state index contributed by atoms with van der Waals surface area (Å²) in [7, 11) is 0. The van der Waals surface area contributed by atoms with Crippen LogP contribution < -0.4 is 4.74 Å². The number of allylic oxidation sites excluding steroid dienone is 1. The molecule has 0 unspecified atom stereocenters. The molecular formula is C14H16O2. The molecule has 0 amide bonds. The molecule has 2 heteroatoms. The van der Waals surface area contributed by atoms with Crippen LogP contribution in [0.15, 0.2) is 42.5 Å². The van der Waals surface area contributed by atoms with Gasteiger partial charge in [0.05, 0.1) is 0 Å². The number of ether oxygens (including phenoxy) is 1. The summed E-state index contributed by atoms with van der Waals surface area (Å²) in [5.74, 6) is 0.835. The Kier molecular flexibility index (Phi) is 4.52. The number of carbonyl (C=O) groups is 1. The summed E-state index contributed by atoms with van der Waals surface area (Å²) < 4.78 is 5.49. The van der Waals surface area contributed by atoms with Gasteiger partial charge in [-0.1, -0.05) is 30.9 Å². The Morgan fingerprint density at radius 2 is 2.06 bits per heavy atom.